The van der Waals surface area contributed by atoms with Crippen LogP contribution < -0.4 is 5.32 Å². The van der Waals surface area contributed by atoms with Crippen molar-refractivity contribution in [2.24, 2.45) is 0 Å². The Morgan fingerprint density at radius 3 is 0.789 bits per heavy atom. The van der Waals surface area contributed by atoms with Gasteiger partial charge in [0.1, 0.15) is 0 Å². The topological polar surface area (TPSA) is 95.9 Å². The Kier molecular flexibility index (Phi) is 78.8. The number of carbonyl (C=O) groups excluding carboxylic acids is 2. The van der Waals surface area contributed by atoms with Crippen molar-refractivity contribution < 1.29 is 24.5 Å². The van der Waals surface area contributed by atoms with Crippen molar-refractivity contribution in [2.45, 2.75) is 501 Å². The number of allylic oxidation sites excluding steroid dienone is 2. The molecular formula is C84H165NO5. The van der Waals surface area contributed by atoms with Gasteiger partial charge in [-0.1, -0.05) is 437 Å². The van der Waals surface area contributed by atoms with Crippen LogP contribution in [-0.4, -0.2) is 47.4 Å². The molecule has 0 aliphatic carbocycles. The third kappa shape index (κ3) is 75.6. The fourth-order valence-electron chi connectivity index (χ4n) is 13.7. The minimum Gasteiger partial charge on any atom is -0.466 e. The highest BCUT2D eigenvalue weighted by atomic mass is 16.5. The van der Waals surface area contributed by atoms with Gasteiger partial charge in [-0.25, -0.2) is 0 Å². The molecule has 0 saturated carbocycles. The monoisotopic (exact) mass is 1270 g/mol. The zero-order chi connectivity index (χ0) is 64.9. The lowest BCUT2D eigenvalue weighted by Crippen LogP contribution is -2.45. The lowest BCUT2D eigenvalue weighted by Gasteiger charge is -2.22. The first-order valence-corrected chi connectivity index (χ1v) is 41.9. The number of aliphatic hydroxyl groups excluding tert-OH is 2. The van der Waals surface area contributed by atoms with E-state index in [4.69, 9.17) is 4.74 Å². The molecule has 0 spiro atoms. The van der Waals surface area contributed by atoms with Crippen molar-refractivity contribution in [1.82, 2.24) is 5.32 Å². The first-order chi connectivity index (χ1) is 44.5. The van der Waals surface area contributed by atoms with Crippen LogP contribution in [0.1, 0.15) is 489 Å². The summed E-state index contributed by atoms with van der Waals surface area (Å²) in [4.78, 5) is 24.7. The third-order valence-corrected chi connectivity index (χ3v) is 20.1. The van der Waals surface area contributed by atoms with Crippen LogP contribution in [-0.2, 0) is 14.3 Å². The standard InChI is InChI=1S/C84H165NO5/c1-3-5-7-9-11-13-15-17-19-21-22-23-24-35-38-41-45-48-52-56-60-64-68-72-76-82(87)81(80-86)85-83(88)77-73-69-65-61-57-53-49-46-42-39-36-33-31-29-27-25-26-28-30-32-34-37-40-43-47-51-55-59-63-67-71-75-79-90-84(89)78-74-70-66-62-58-54-50-44-20-18-16-14-12-10-8-6-4-2/h18,20,81-82,86-87H,3-17,19,21-80H2,1-2H3,(H,85,88)/b20-18-. The maximum atomic E-state index is 12.6. The minimum absolute atomic E-state index is 0.0194. The highest BCUT2D eigenvalue weighted by Gasteiger charge is 2.20. The molecule has 6 heteroatoms. The van der Waals surface area contributed by atoms with Crippen molar-refractivity contribution in [1.29, 1.82) is 0 Å². The number of hydrogen-bond acceptors (Lipinski definition) is 5. The van der Waals surface area contributed by atoms with E-state index in [1.807, 2.05) is 0 Å². The zero-order valence-corrected chi connectivity index (χ0v) is 61.7. The quantitative estimate of drug-likeness (QED) is 0.0320. The lowest BCUT2D eigenvalue weighted by molar-refractivity contribution is -0.143. The summed E-state index contributed by atoms with van der Waals surface area (Å²) in [5, 5.41) is 23.5. The first kappa shape index (κ1) is 88.6. The summed E-state index contributed by atoms with van der Waals surface area (Å²) in [6.45, 7) is 5.01. The fraction of sp³-hybridized carbons (Fsp3) is 0.952. The first-order valence-electron chi connectivity index (χ1n) is 41.9. The molecule has 6 nitrogen and oxygen atoms in total. The second-order valence-corrected chi connectivity index (χ2v) is 29.2. The average molecular weight is 1270 g/mol. The number of unbranched alkanes of at least 4 members (excludes halogenated alkanes) is 67. The van der Waals surface area contributed by atoms with E-state index in [0.29, 0.717) is 25.9 Å². The Labute approximate surface area is 565 Å². The Balaban J connectivity index is 3.32. The number of ether oxygens (including phenoxy) is 1. The van der Waals surface area contributed by atoms with Crippen LogP contribution in [0.5, 0.6) is 0 Å². The second-order valence-electron chi connectivity index (χ2n) is 29.2. The molecule has 90 heavy (non-hydrogen) atoms. The fourth-order valence-corrected chi connectivity index (χ4v) is 13.7. The van der Waals surface area contributed by atoms with Crippen molar-refractivity contribution in [2.75, 3.05) is 13.2 Å². The summed E-state index contributed by atoms with van der Waals surface area (Å²) in [7, 11) is 0. The molecule has 0 aromatic rings. The summed E-state index contributed by atoms with van der Waals surface area (Å²) in [5.74, 6) is -0.00457. The molecule has 0 aliphatic rings. The van der Waals surface area contributed by atoms with Gasteiger partial charge in [-0.15, -0.1) is 0 Å². The van der Waals surface area contributed by atoms with E-state index < -0.39 is 12.1 Å². The Bertz CT molecular complexity index is 1370. The number of hydrogen-bond donors (Lipinski definition) is 3. The number of carbonyl (C=O) groups is 2. The Hall–Kier alpha value is -1.40. The highest BCUT2D eigenvalue weighted by Crippen LogP contribution is 2.21. The molecule has 1 amide bonds. The summed E-state index contributed by atoms with van der Waals surface area (Å²) in [6.07, 6.45) is 102. The van der Waals surface area contributed by atoms with Gasteiger partial charge in [-0.05, 0) is 51.4 Å². The summed E-state index contributed by atoms with van der Waals surface area (Å²) < 4.78 is 5.51. The van der Waals surface area contributed by atoms with Crippen molar-refractivity contribution in [3.05, 3.63) is 12.2 Å². The predicted molar refractivity (Wildman–Crippen MR) is 398 cm³/mol. The van der Waals surface area contributed by atoms with Crippen LogP contribution >= 0.6 is 0 Å². The van der Waals surface area contributed by atoms with Gasteiger partial charge in [0.2, 0.25) is 5.91 Å². The number of amides is 1. The Morgan fingerprint density at radius 1 is 0.300 bits per heavy atom. The molecule has 2 unspecified atom stereocenters. The molecule has 0 bridgehead atoms. The smallest absolute Gasteiger partial charge is 0.305 e. The predicted octanol–water partition coefficient (Wildman–Crippen LogP) is 27.8. The normalized spacial score (nSPS) is 12.4. The summed E-state index contributed by atoms with van der Waals surface area (Å²) >= 11 is 0. The van der Waals surface area contributed by atoms with Gasteiger partial charge in [-0.2, -0.15) is 0 Å². The number of nitrogens with one attached hydrogen (secondary N) is 1. The number of rotatable bonds is 80. The van der Waals surface area contributed by atoms with Crippen LogP contribution in [0.3, 0.4) is 0 Å². The van der Waals surface area contributed by atoms with Crippen molar-refractivity contribution >= 4 is 11.9 Å². The van der Waals surface area contributed by atoms with E-state index in [-0.39, 0.29) is 18.5 Å². The summed E-state index contributed by atoms with van der Waals surface area (Å²) in [5.41, 5.74) is 0. The molecular weight excluding hydrogens is 1100 g/mol. The maximum absolute atomic E-state index is 12.6. The zero-order valence-electron chi connectivity index (χ0n) is 61.7. The Morgan fingerprint density at radius 2 is 0.522 bits per heavy atom. The van der Waals surface area contributed by atoms with E-state index in [0.717, 1.165) is 38.5 Å². The largest absolute Gasteiger partial charge is 0.466 e. The van der Waals surface area contributed by atoms with Crippen molar-refractivity contribution in [3.63, 3.8) is 0 Å². The highest BCUT2D eigenvalue weighted by molar-refractivity contribution is 5.76. The number of aliphatic hydroxyl groups is 2. The van der Waals surface area contributed by atoms with Gasteiger partial charge in [0.15, 0.2) is 0 Å². The lowest BCUT2D eigenvalue weighted by atomic mass is 10.0. The van der Waals surface area contributed by atoms with E-state index >= 15 is 0 Å². The maximum Gasteiger partial charge on any atom is 0.305 e. The SMILES string of the molecule is CCCCCCCC/C=C\CCCCCCCCCC(=O)OCCCCCCCCCCCCCCCCCCCCCCCCCCCCCCCCCCC(=O)NC(CO)C(O)CCCCCCCCCCCCCCCCCCCCCCCCCC. The average Bonchev–Trinajstić information content (AvgIpc) is 3.59. The molecule has 0 fully saturated rings. The number of esters is 1. The summed E-state index contributed by atoms with van der Waals surface area (Å²) in [6, 6.07) is -0.539. The molecule has 3 N–H and O–H groups in total. The van der Waals surface area contributed by atoms with Gasteiger partial charge in [0.05, 0.1) is 25.4 Å². The second kappa shape index (κ2) is 80.0. The molecule has 0 radical (unpaired) electrons. The van der Waals surface area contributed by atoms with Gasteiger partial charge >= 0.3 is 5.97 Å². The molecule has 0 rings (SSSR count). The van der Waals surface area contributed by atoms with Crippen LogP contribution in [0.4, 0.5) is 0 Å². The third-order valence-electron chi connectivity index (χ3n) is 20.1. The molecule has 0 aromatic heterocycles. The van der Waals surface area contributed by atoms with E-state index in [9.17, 15) is 19.8 Å². The minimum atomic E-state index is -0.662. The van der Waals surface area contributed by atoms with Gasteiger partial charge in [0, 0.05) is 12.8 Å². The van der Waals surface area contributed by atoms with E-state index in [1.165, 1.54) is 417 Å². The molecule has 0 saturated heterocycles. The van der Waals surface area contributed by atoms with Gasteiger partial charge in [-0.3, -0.25) is 9.59 Å². The van der Waals surface area contributed by atoms with Crippen LogP contribution in [0, 0.1) is 0 Å². The van der Waals surface area contributed by atoms with Crippen LogP contribution in [0.15, 0.2) is 12.2 Å². The van der Waals surface area contributed by atoms with Crippen LogP contribution in [0.25, 0.3) is 0 Å². The van der Waals surface area contributed by atoms with Gasteiger partial charge < -0.3 is 20.3 Å². The van der Waals surface area contributed by atoms with E-state index in [1.54, 1.807) is 0 Å². The molecule has 0 aliphatic heterocycles. The van der Waals surface area contributed by atoms with E-state index in [2.05, 4.69) is 31.3 Å². The van der Waals surface area contributed by atoms with Crippen molar-refractivity contribution in [3.8, 4) is 0 Å². The molecule has 2 atom stereocenters. The van der Waals surface area contributed by atoms with Gasteiger partial charge in [0.25, 0.3) is 0 Å². The van der Waals surface area contributed by atoms with Crippen LogP contribution in [0.2, 0.25) is 0 Å². The molecule has 536 valence electrons. The molecule has 0 aromatic carbocycles. The molecule has 0 heterocycles.